The van der Waals surface area contributed by atoms with Crippen LogP contribution in [0.3, 0.4) is 0 Å². The Morgan fingerprint density at radius 2 is 2.15 bits per heavy atom. The van der Waals surface area contributed by atoms with Crippen LogP contribution in [0.5, 0.6) is 0 Å². The van der Waals surface area contributed by atoms with E-state index in [0.29, 0.717) is 11.9 Å². The molecule has 1 aliphatic carbocycles. The van der Waals surface area contributed by atoms with E-state index in [1.165, 1.54) is 0 Å². The van der Waals surface area contributed by atoms with Gasteiger partial charge < -0.3 is 20.3 Å². The lowest BCUT2D eigenvalue weighted by Crippen LogP contribution is -2.37. The average molecular weight is 424 g/mol. The smallest absolute Gasteiger partial charge is 0.404 e. The molecule has 1 aliphatic rings. The van der Waals surface area contributed by atoms with Crippen molar-refractivity contribution in [1.29, 1.82) is 0 Å². The highest BCUT2D eigenvalue weighted by atomic mass is 79.9. The number of carbonyl (C=O) groups is 1. The van der Waals surface area contributed by atoms with E-state index >= 15 is 0 Å². The van der Waals surface area contributed by atoms with Crippen molar-refractivity contribution in [2.75, 3.05) is 11.9 Å². The Labute approximate surface area is 161 Å². The van der Waals surface area contributed by atoms with Crippen LogP contribution in [0, 0.1) is 5.92 Å². The van der Waals surface area contributed by atoms with Gasteiger partial charge in [-0.15, -0.1) is 0 Å². The van der Waals surface area contributed by atoms with Crippen molar-refractivity contribution in [3.63, 3.8) is 0 Å². The van der Waals surface area contributed by atoms with Crippen molar-refractivity contribution >= 4 is 39.0 Å². The molecule has 7 nitrogen and oxygen atoms in total. The molecule has 0 unspecified atom stereocenters. The summed E-state index contributed by atoms with van der Waals surface area (Å²) in [5.74, 6) is 1.21. The molecule has 1 amide bonds. The number of hydrogen-bond donors (Lipinski definition) is 3. The monoisotopic (exact) mass is 423 g/mol. The second-order valence-corrected chi connectivity index (χ2v) is 7.86. The summed E-state index contributed by atoms with van der Waals surface area (Å²) in [7, 11) is 0. The van der Waals surface area contributed by atoms with E-state index < -0.39 is 6.09 Å². The van der Waals surface area contributed by atoms with Gasteiger partial charge in [0.05, 0.1) is 5.39 Å². The normalized spacial score (nSPS) is 20.2. The zero-order chi connectivity index (χ0) is 18.5. The summed E-state index contributed by atoms with van der Waals surface area (Å²) in [4.78, 5) is 19.9. The minimum atomic E-state index is -0.923. The van der Waals surface area contributed by atoms with Crippen molar-refractivity contribution in [1.82, 2.24) is 19.9 Å². The summed E-state index contributed by atoms with van der Waals surface area (Å²) in [5.41, 5.74) is 0.941. The van der Waals surface area contributed by atoms with Gasteiger partial charge in [0.15, 0.2) is 0 Å². The summed E-state index contributed by atoms with van der Waals surface area (Å²) in [6.45, 7) is 3.94. The fraction of sp³-hybridized carbons (Fsp3) is 0.611. The standard InChI is InChI=1S/C18H26BrN5O2/c1-2-3-8-20-17-21-9-14-15(19)11-24(16(14)23-17)10-12-4-6-13(7-5-12)22-18(25)26/h9,11-13,22H,2-8,10H2,1H3,(H,25,26)(H,20,21,23)/t12-,13-. The van der Waals surface area contributed by atoms with Crippen LogP contribution in [0.2, 0.25) is 0 Å². The number of hydrogen-bond acceptors (Lipinski definition) is 4. The number of nitrogens with zero attached hydrogens (tertiary/aromatic N) is 3. The Bertz CT molecular complexity index is 755. The van der Waals surface area contributed by atoms with Gasteiger partial charge >= 0.3 is 6.09 Å². The number of aromatic nitrogens is 3. The first kappa shape index (κ1) is 18.9. The van der Waals surface area contributed by atoms with Crippen LogP contribution < -0.4 is 10.6 Å². The van der Waals surface area contributed by atoms with Crippen LogP contribution in [-0.2, 0) is 6.54 Å². The minimum absolute atomic E-state index is 0.0913. The fourth-order valence-electron chi connectivity index (χ4n) is 3.57. The number of carboxylic acid groups (broad SMARTS) is 1. The van der Waals surface area contributed by atoms with E-state index in [4.69, 9.17) is 10.1 Å². The topological polar surface area (TPSA) is 92.1 Å². The molecular weight excluding hydrogens is 398 g/mol. The van der Waals surface area contributed by atoms with Crippen LogP contribution in [0.25, 0.3) is 11.0 Å². The molecule has 2 aromatic rings. The second-order valence-electron chi connectivity index (χ2n) is 7.01. The number of amides is 1. The number of nitrogens with one attached hydrogen (secondary N) is 2. The third-order valence-electron chi connectivity index (χ3n) is 5.01. The third-order valence-corrected chi connectivity index (χ3v) is 5.64. The summed E-state index contributed by atoms with van der Waals surface area (Å²) in [6, 6.07) is 0.0913. The molecule has 142 valence electrons. The second kappa shape index (κ2) is 8.70. The molecule has 3 rings (SSSR count). The summed E-state index contributed by atoms with van der Waals surface area (Å²) >= 11 is 3.61. The highest BCUT2D eigenvalue weighted by Crippen LogP contribution is 2.30. The molecular formula is C18H26BrN5O2. The predicted molar refractivity (Wildman–Crippen MR) is 106 cm³/mol. The summed E-state index contributed by atoms with van der Waals surface area (Å²) < 4.78 is 3.20. The first-order chi connectivity index (χ1) is 12.6. The van der Waals surface area contributed by atoms with E-state index in [1.54, 1.807) is 0 Å². The van der Waals surface area contributed by atoms with Gasteiger partial charge in [0.25, 0.3) is 0 Å². The molecule has 26 heavy (non-hydrogen) atoms. The average Bonchev–Trinajstić information content (AvgIpc) is 2.92. The fourth-order valence-corrected chi connectivity index (χ4v) is 4.10. The molecule has 1 fully saturated rings. The Hall–Kier alpha value is -1.83. The lowest BCUT2D eigenvalue weighted by atomic mass is 9.86. The molecule has 8 heteroatoms. The van der Waals surface area contributed by atoms with Gasteiger partial charge in [-0.2, -0.15) is 4.98 Å². The van der Waals surface area contributed by atoms with Crippen molar-refractivity contribution < 1.29 is 9.90 Å². The number of fused-ring (bicyclic) bond motifs is 1. The molecule has 2 aromatic heterocycles. The van der Waals surface area contributed by atoms with Crippen LogP contribution in [0.1, 0.15) is 45.4 Å². The molecule has 0 bridgehead atoms. The molecule has 0 radical (unpaired) electrons. The zero-order valence-corrected chi connectivity index (χ0v) is 16.6. The molecule has 0 aliphatic heterocycles. The Balaban J connectivity index is 1.67. The predicted octanol–water partition coefficient (Wildman–Crippen LogP) is 4.23. The maximum atomic E-state index is 10.8. The maximum Gasteiger partial charge on any atom is 0.404 e. The van der Waals surface area contributed by atoms with Crippen molar-refractivity contribution in [2.45, 2.75) is 58.0 Å². The summed E-state index contributed by atoms with van der Waals surface area (Å²) in [5, 5.41) is 15.8. The highest BCUT2D eigenvalue weighted by Gasteiger charge is 2.23. The first-order valence-corrected chi connectivity index (χ1v) is 10.1. The maximum absolute atomic E-state index is 10.8. The molecule has 2 heterocycles. The largest absolute Gasteiger partial charge is 0.465 e. The van der Waals surface area contributed by atoms with E-state index in [0.717, 1.165) is 67.1 Å². The van der Waals surface area contributed by atoms with E-state index in [-0.39, 0.29) is 6.04 Å². The zero-order valence-electron chi connectivity index (χ0n) is 15.0. The number of anilines is 1. The molecule has 0 atom stereocenters. The van der Waals surface area contributed by atoms with Crippen molar-refractivity contribution in [3.8, 4) is 0 Å². The van der Waals surface area contributed by atoms with Crippen LogP contribution in [0.4, 0.5) is 10.7 Å². The number of halogens is 1. The number of rotatable bonds is 7. The quantitative estimate of drug-likeness (QED) is 0.579. The van der Waals surface area contributed by atoms with Crippen molar-refractivity contribution in [3.05, 3.63) is 16.9 Å². The van der Waals surface area contributed by atoms with Gasteiger partial charge in [0.1, 0.15) is 5.65 Å². The molecule has 0 saturated heterocycles. The van der Waals surface area contributed by atoms with E-state index in [1.807, 2.05) is 6.20 Å². The van der Waals surface area contributed by atoms with E-state index in [2.05, 4.69) is 49.2 Å². The van der Waals surface area contributed by atoms with Crippen molar-refractivity contribution in [2.24, 2.45) is 5.92 Å². The summed E-state index contributed by atoms with van der Waals surface area (Å²) in [6.07, 6.45) is 9.10. The lowest BCUT2D eigenvalue weighted by molar-refractivity contribution is 0.181. The van der Waals surface area contributed by atoms with Gasteiger partial charge in [-0.05, 0) is 54.0 Å². The first-order valence-electron chi connectivity index (χ1n) is 9.31. The Kier molecular flexibility index (Phi) is 6.34. The SMILES string of the molecule is CCCCNc1ncc2c(Br)cn(C[C@H]3CC[C@H](NC(=O)O)CC3)c2n1. The Morgan fingerprint density at radius 3 is 2.85 bits per heavy atom. The van der Waals surface area contributed by atoms with Gasteiger partial charge in [-0.25, -0.2) is 9.78 Å². The molecule has 3 N–H and O–H groups in total. The van der Waals surface area contributed by atoms with Gasteiger partial charge in [-0.3, -0.25) is 0 Å². The van der Waals surface area contributed by atoms with Crippen LogP contribution in [-0.4, -0.2) is 38.3 Å². The van der Waals surface area contributed by atoms with Gasteiger partial charge in [-0.1, -0.05) is 13.3 Å². The van der Waals surface area contributed by atoms with Gasteiger partial charge in [0.2, 0.25) is 5.95 Å². The lowest BCUT2D eigenvalue weighted by Gasteiger charge is -2.28. The highest BCUT2D eigenvalue weighted by molar-refractivity contribution is 9.10. The van der Waals surface area contributed by atoms with E-state index in [9.17, 15) is 4.79 Å². The Morgan fingerprint density at radius 1 is 1.38 bits per heavy atom. The van der Waals surface area contributed by atoms with Gasteiger partial charge in [0, 0.05) is 36.0 Å². The molecule has 1 saturated carbocycles. The number of unbranched alkanes of at least 4 members (excludes halogenated alkanes) is 1. The molecule has 0 spiro atoms. The van der Waals surface area contributed by atoms with Crippen LogP contribution >= 0.6 is 15.9 Å². The third kappa shape index (κ3) is 4.66. The molecule has 0 aromatic carbocycles. The van der Waals surface area contributed by atoms with Crippen LogP contribution in [0.15, 0.2) is 16.9 Å². The minimum Gasteiger partial charge on any atom is -0.465 e.